The minimum atomic E-state index is -0.592. The van der Waals surface area contributed by atoms with Crippen molar-refractivity contribution in [2.45, 2.75) is 19.3 Å². The first kappa shape index (κ1) is 17.0. The number of rotatable bonds is 4. The number of nitrogens with zero attached hydrogens (tertiary/aromatic N) is 1. The molecule has 0 aromatic heterocycles. The third-order valence-electron chi connectivity index (χ3n) is 4.34. The number of benzene rings is 2. The molecule has 2 aromatic carbocycles. The minimum Gasteiger partial charge on any atom is -0.370 e. The summed E-state index contributed by atoms with van der Waals surface area (Å²) in [4.78, 5) is 26.1. The van der Waals surface area contributed by atoms with E-state index < -0.39 is 17.6 Å². The number of anilines is 2. The molecule has 0 saturated carbocycles. The number of hydrogen-bond acceptors (Lipinski definition) is 3. The molecule has 0 aliphatic carbocycles. The summed E-state index contributed by atoms with van der Waals surface area (Å²) in [6.45, 7) is 1.75. The molecule has 25 heavy (non-hydrogen) atoms. The Kier molecular flexibility index (Phi) is 4.97. The fraction of sp³-hybridized carbons (Fsp3) is 0.263. The van der Waals surface area contributed by atoms with Crippen LogP contribution in [0.25, 0.3) is 0 Å². The summed E-state index contributed by atoms with van der Waals surface area (Å²) in [5, 5.41) is 2.73. The first-order chi connectivity index (χ1) is 12.1. The van der Waals surface area contributed by atoms with Gasteiger partial charge in [-0.05, 0) is 49.6 Å². The average Bonchev–Trinajstić information content (AvgIpc) is 2.62. The van der Waals surface area contributed by atoms with Gasteiger partial charge in [0.1, 0.15) is 5.82 Å². The van der Waals surface area contributed by atoms with Crippen molar-refractivity contribution in [1.82, 2.24) is 0 Å². The average molecular weight is 341 g/mol. The number of hydrogen-bond donors (Lipinski definition) is 2. The smallest absolute Gasteiger partial charge is 0.258 e. The third-order valence-corrected chi connectivity index (χ3v) is 4.34. The van der Waals surface area contributed by atoms with Crippen molar-refractivity contribution in [2.24, 2.45) is 5.73 Å². The molecule has 0 unspecified atom stereocenters. The quantitative estimate of drug-likeness (QED) is 0.897. The number of carbonyl (C=O) groups is 2. The number of piperidine rings is 1. The predicted octanol–water partition coefficient (Wildman–Crippen LogP) is 3.17. The lowest BCUT2D eigenvalue weighted by Crippen LogP contribution is -2.30. The maximum Gasteiger partial charge on any atom is 0.258 e. The lowest BCUT2D eigenvalue weighted by molar-refractivity contribution is 0.0995. The van der Waals surface area contributed by atoms with E-state index in [2.05, 4.69) is 10.2 Å². The standard InChI is InChI=1S/C19H20FN3O2/c20-15-7-3-2-6-14(15)19(25)22-16-12-13(18(21)24)8-9-17(16)23-10-4-1-5-11-23/h2-3,6-9,12H,1,4-5,10-11H2,(H2,21,24)(H,22,25). The van der Waals surface area contributed by atoms with E-state index in [-0.39, 0.29) is 5.56 Å². The molecule has 0 bridgehead atoms. The Morgan fingerprint density at radius 1 is 1.04 bits per heavy atom. The van der Waals surface area contributed by atoms with E-state index in [1.165, 1.54) is 24.6 Å². The fourth-order valence-electron chi connectivity index (χ4n) is 3.03. The van der Waals surface area contributed by atoms with E-state index >= 15 is 0 Å². The van der Waals surface area contributed by atoms with Crippen LogP contribution in [0.4, 0.5) is 15.8 Å². The molecule has 3 N–H and O–H groups in total. The fourth-order valence-corrected chi connectivity index (χ4v) is 3.03. The van der Waals surface area contributed by atoms with E-state index in [0.29, 0.717) is 11.3 Å². The number of amides is 2. The van der Waals surface area contributed by atoms with Crippen LogP contribution >= 0.6 is 0 Å². The first-order valence-corrected chi connectivity index (χ1v) is 8.31. The largest absolute Gasteiger partial charge is 0.370 e. The van der Waals surface area contributed by atoms with E-state index in [4.69, 9.17) is 5.73 Å². The maximum absolute atomic E-state index is 13.9. The molecule has 6 heteroatoms. The van der Waals surface area contributed by atoms with Gasteiger partial charge in [0, 0.05) is 18.7 Å². The van der Waals surface area contributed by atoms with Gasteiger partial charge >= 0.3 is 0 Å². The minimum absolute atomic E-state index is 0.0448. The molecule has 1 heterocycles. The van der Waals surface area contributed by atoms with Crippen molar-refractivity contribution in [3.05, 3.63) is 59.4 Å². The molecule has 5 nitrogen and oxygen atoms in total. The molecule has 2 aromatic rings. The van der Waals surface area contributed by atoms with Crippen LogP contribution in [0, 0.1) is 5.82 Å². The van der Waals surface area contributed by atoms with E-state index in [9.17, 15) is 14.0 Å². The summed E-state index contributed by atoms with van der Waals surface area (Å²) in [6.07, 6.45) is 3.31. The second kappa shape index (κ2) is 7.34. The molecule has 0 spiro atoms. The number of nitrogens with one attached hydrogen (secondary N) is 1. The van der Waals surface area contributed by atoms with Gasteiger partial charge < -0.3 is 16.0 Å². The molecule has 1 fully saturated rings. The Bertz CT molecular complexity index is 801. The molecule has 1 saturated heterocycles. The third kappa shape index (κ3) is 3.79. The maximum atomic E-state index is 13.9. The van der Waals surface area contributed by atoms with Gasteiger partial charge in [0.2, 0.25) is 5.91 Å². The molecular formula is C19H20FN3O2. The lowest BCUT2D eigenvalue weighted by atomic mass is 10.1. The van der Waals surface area contributed by atoms with Crippen LogP contribution in [-0.4, -0.2) is 24.9 Å². The molecule has 2 amide bonds. The van der Waals surface area contributed by atoms with Gasteiger partial charge in [-0.1, -0.05) is 12.1 Å². The summed E-state index contributed by atoms with van der Waals surface area (Å²) < 4.78 is 13.9. The second-order valence-corrected chi connectivity index (χ2v) is 6.08. The van der Waals surface area contributed by atoms with Crippen molar-refractivity contribution in [2.75, 3.05) is 23.3 Å². The zero-order valence-corrected chi connectivity index (χ0v) is 13.8. The number of halogens is 1. The van der Waals surface area contributed by atoms with Gasteiger partial charge in [-0.25, -0.2) is 4.39 Å². The van der Waals surface area contributed by atoms with Gasteiger partial charge in [-0.2, -0.15) is 0 Å². The van der Waals surface area contributed by atoms with Gasteiger partial charge in [0.15, 0.2) is 0 Å². The van der Waals surface area contributed by atoms with Crippen LogP contribution < -0.4 is 16.0 Å². The highest BCUT2D eigenvalue weighted by atomic mass is 19.1. The van der Waals surface area contributed by atoms with E-state index in [1.54, 1.807) is 24.3 Å². The predicted molar refractivity (Wildman–Crippen MR) is 95.4 cm³/mol. The van der Waals surface area contributed by atoms with Crippen molar-refractivity contribution < 1.29 is 14.0 Å². The zero-order valence-electron chi connectivity index (χ0n) is 13.8. The van der Waals surface area contributed by atoms with Crippen molar-refractivity contribution in [1.29, 1.82) is 0 Å². The van der Waals surface area contributed by atoms with Gasteiger partial charge in [-0.15, -0.1) is 0 Å². The Morgan fingerprint density at radius 2 is 1.76 bits per heavy atom. The van der Waals surface area contributed by atoms with E-state index in [0.717, 1.165) is 31.6 Å². The number of nitrogens with two attached hydrogens (primary N) is 1. The van der Waals surface area contributed by atoms with Crippen LogP contribution in [0.3, 0.4) is 0 Å². The zero-order chi connectivity index (χ0) is 17.8. The van der Waals surface area contributed by atoms with Crippen LogP contribution in [0.1, 0.15) is 40.0 Å². The molecule has 1 aliphatic heterocycles. The Morgan fingerprint density at radius 3 is 2.44 bits per heavy atom. The summed E-state index contributed by atoms with van der Waals surface area (Å²) in [5.74, 6) is -1.73. The van der Waals surface area contributed by atoms with Crippen molar-refractivity contribution >= 4 is 23.2 Å². The summed E-state index contributed by atoms with van der Waals surface area (Å²) in [5.41, 5.74) is 6.88. The highest BCUT2D eigenvalue weighted by molar-refractivity contribution is 6.07. The normalized spacial score (nSPS) is 14.2. The lowest BCUT2D eigenvalue weighted by Gasteiger charge is -2.30. The first-order valence-electron chi connectivity index (χ1n) is 8.31. The van der Waals surface area contributed by atoms with Crippen LogP contribution in [0.2, 0.25) is 0 Å². The van der Waals surface area contributed by atoms with Crippen LogP contribution in [0.15, 0.2) is 42.5 Å². The summed E-state index contributed by atoms with van der Waals surface area (Å²) in [6, 6.07) is 10.8. The van der Waals surface area contributed by atoms with E-state index in [1.807, 2.05) is 0 Å². The summed E-state index contributed by atoms with van der Waals surface area (Å²) in [7, 11) is 0. The highest BCUT2D eigenvalue weighted by Crippen LogP contribution is 2.30. The van der Waals surface area contributed by atoms with Gasteiger partial charge in [-0.3, -0.25) is 9.59 Å². The molecule has 0 atom stereocenters. The monoisotopic (exact) mass is 341 g/mol. The molecule has 0 radical (unpaired) electrons. The Hall–Kier alpha value is -2.89. The highest BCUT2D eigenvalue weighted by Gasteiger charge is 2.19. The molecular weight excluding hydrogens is 321 g/mol. The number of carbonyl (C=O) groups excluding carboxylic acids is 2. The Balaban J connectivity index is 1.94. The second-order valence-electron chi connectivity index (χ2n) is 6.08. The number of primary amides is 1. The van der Waals surface area contributed by atoms with Crippen LogP contribution in [0.5, 0.6) is 0 Å². The SMILES string of the molecule is NC(=O)c1ccc(N2CCCCC2)c(NC(=O)c2ccccc2F)c1. The Labute approximate surface area is 145 Å². The molecule has 130 valence electrons. The molecule has 3 rings (SSSR count). The van der Waals surface area contributed by atoms with Gasteiger partial charge in [0.05, 0.1) is 16.9 Å². The topological polar surface area (TPSA) is 75.4 Å². The van der Waals surface area contributed by atoms with Crippen LogP contribution in [-0.2, 0) is 0 Å². The van der Waals surface area contributed by atoms with Crippen molar-refractivity contribution in [3.8, 4) is 0 Å². The summed E-state index contributed by atoms with van der Waals surface area (Å²) >= 11 is 0. The van der Waals surface area contributed by atoms with Crippen molar-refractivity contribution in [3.63, 3.8) is 0 Å². The van der Waals surface area contributed by atoms with Gasteiger partial charge in [0.25, 0.3) is 5.91 Å². The molecule has 1 aliphatic rings.